The van der Waals surface area contributed by atoms with Crippen LogP contribution in [0.4, 0.5) is 5.69 Å². The van der Waals surface area contributed by atoms with Gasteiger partial charge in [-0.2, -0.15) is 5.26 Å². The lowest BCUT2D eigenvalue weighted by Crippen LogP contribution is -2.60. The molecule has 5 rings (SSSR count). The third-order valence-corrected chi connectivity index (χ3v) is 8.94. The molecule has 36 heavy (non-hydrogen) atoms. The Bertz CT molecular complexity index is 1130. The molecule has 6 atom stereocenters. The normalized spacial score (nSPS) is 31.4. The summed E-state index contributed by atoms with van der Waals surface area (Å²) in [6.45, 7) is 3.40. The van der Waals surface area contributed by atoms with Gasteiger partial charge in [0.1, 0.15) is 0 Å². The van der Waals surface area contributed by atoms with E-state index in [1.807, 2.05) is 35.4 Å². The average molecular weight is 493 g/mol. The summed E-state index contributed by atoms with van der Waals surface area (Å²) in [4.78, 5) is 15.7. The molecule has 1 aromatic heterocycles. The number of aliphatic hydroxyl groups excluding tert-OH is 2. The van der Waals surface area contributed by atoms with Gasteiger partial charge < -0.3 is 20.4 Å². The van der Waals surface area contributed by atoms with Crippen LogP contribution in [0.2, 0.25) is 0 Å². The van der Waals surface area contributed by atoms with Gasteiger partial charge in [-0.3, -0.25) is 9.48 Å². The highest BCUT2D eigenvalue weighted by molar-refractivity contribution is 6.07. The largest absolute Gasteiger partial charge is 0.396 e. The Morgan fingerprint density at radius 2 is 2.11 bits per heavy atom. The highest BCUT2D eigenvalue weighted by atomic mass is 16.3. The molecule has 192 valence electrons. The van der Waals surface area contributed by atoms with Gasteiger partial charge in [-0.05, 0) is 74.3 Å². The SMILES string of the molecule is C[C@@H]1C2CC([C@@]3(CCn4cc(CCCCO)nn4)C(=O)Nc4ccccc43)N(C#N)C[C@@H]2CC[C@@H]1O. The van der Waals surface area contributed by atoms with Crippen LogP contribution in [-0.2, 0) is 23.2 Å². The zero-order chi connectivity index (χ0) is 25.3. The van der Waals surface area contributed by atoms with Gasteiger partial charge in [0.25, 0.3) is 0 Å². The molecule has 2 fully saturated rings. The number of carbonyl (C=O) groups excluding carboxylic acids is 1. The fourth-order valence-corrected chi connectivity index (χ4v) is 6.91. The summed E-state index contributed by atoms with van der Waals surface area (Å²) in [6, 6.07) is 7.52. The summed E-state index contributed by atoms with van der Waals surface area (Å²) in [6.07, 6.45) is 9.22. The number of nitriles is 1. The van der Waals surface area contributed by atoms with Crippen molar-refractivity contribution in [3.63, 3.8) is 0 Å². The first kappa shape index (κ1) is 24.7. The summed E-state index contributed by atoms with van der Waals surface area (Å²) in [5.41, 5.74) is 1.72. The standard InChI is InChI=1S/C27H36N6O3/c1-18-21-14-25(32(17-28)15-19(21)9-10-24(18)35)27(22-7-2-3-8-23(22)29-26(27)36)11-12-33-16-20(30-31-33)6-4-5-13-34/h2-3,7-8,16,18-19,21,24-25,34-35H,4-6,9-15H2,1H3,(H,29,36)/t18-,19+,21?,24+,25?,27+/m1/s1. The molecule has 3 heterocycles. The van der Waals surface area contributed by atoms with Crippen LogP contribution < -0.4 is 5.32 Å². The number of aliphatic hydroxyl groups is 2. The van der Waals surface area contributed by atoms with E-state index in [9.17, 15) is 15.2 Å². The summed E-state index contributed by atoms with van der Waals surface area (Å²) in [5, 5.41) is 41.5. The zero-order valence-corrected chi connectivity index (χ0v) is 20.9. The zero-order valence-electron chi connectivity index (χ0n) is 20.9. The van der Waals surface area contributed by atoms with E-state index in [4.69, 9.17) is 5.11 Å². The molecule has 0 spiro atoms. The minimum absolute atomic E-state index is 0.0697. The molecule has 1 saturated carbocycles. The minimum Gasteiger partial charge on any atom is -0.396 e. The monoisotopic (exact) mass is 492 g/mol. The molecular weight excluding hydrogens is 456 g/mol. The first-order chi connectivity index (χ1) is 17.5. The van der Waals surface area contributed by atoms with Crippen LogP contribution in [0.1, 0.15) is 56.7 Å². The van der Waals surface area contributed by atoms with Gasteiger partial charge in [0.2, 0.25) is 5.91 Å². The number of unbranched alkanes of at least 4 members (excludes halogenated alkanes) is 1. The summed E-state index contributed by atoms with van der Waals surface area (Å²) in [7, 11) is 0. The van der Waals surface area contributed by atoms with Gasteiger partial charge in [-0.25, -0.2) is 0 Å². The fraction of sp³-hybridized carbons (Fsp3) is 0.630. The molecule has 2 aromatic rings. The number of fused-ring (bicyclic) bond motifs is 2. The Hall–Kier alpha value is -2.96. The molecule has 3 aliphatic rings. The predicted octanol–water partition coefficient (Wildman–Crippen LogP) is 2.45. The van der Waals surface area contributed by atoms with E-state index in [2.05, 4.69) is 28.7 Å². The van der Waals surface area contributed by atoms with Crippen LogP contribution in [0, 0.1) is 29.2 Å². The van der Waals surface area contributed by atoms with E-state index in [1.54, 1.807) is 4.68 Å². The number of rotatable bonds is 8. The van der Waals surface area contributed by atoms with Crippen molar-refractivity contribution in [2.75, 3.05) is 18.5 Å². The number of hydrogen-bond acceptors (Lipinski definition) is 7. The number of aryl methyl sites for hydroxylation is 2. The first-order valence-electron chi connectivity index (χ1n) is 13.2. The van der Waals surface area contributed by atoms with Crippen LogP contribution in [0.25, 0.3) is 0 Å². The Morgan fingerprint density at radius 1 is 1.28 bits per heavy atom. The van der Waals surface area contributed by atoms with Crippen LogP contribution >= 0.6 is 0 Å². The lowest BCUT2D eigenvalue weighted by atomic mass is 9.61. The Labute approximate surface area is 212 Å². The van der Waals surface area contributed by atoms with Gasteiger partial charge in [-0.1, -0.05) is 30.3 Å². The first-order valence-corrected chi connectivity index (χ1v) is 13.2. The second-order valence-corrected chi connectivity index (χ2v) is 10.8. The third-order valence-electron chi connectivity index (χ3n) is 8.94. The van der Waals surface area contributed by atoms with Crippen molar-refractivity contribution < 1.29 is 15.0 Å². The van der Waals surface area contributed by atoms with Crippen LogP contribution in [0.3, 0.4) is 0 Å². The number of amides is 1. The van der Waals surface area contributed by atoms with Crippen molar-refractivity contribution in [2.45, 2.75) is 76.0 Å². The molecule has 2 unspecified atom stereocenters. The molecular formula is C27H36N6O3. The van der Waals surface area contributed by atoms with Crippen molar-refractivity contribution in [2.24, 2.45) is 17.8 Å². The van der Waals surface area contributed by atoms with E-state index in [0.29, 0.717) is 31.8 Å². The summed E-state index contributed by atoms with van der Waals surface area (Å²) < 4.78 is 1.79. The molecule has 0 bridgehead atoms. The van der Waals surface area contributed by atoms with Crippen molar-refractivity contribution in [3.8, 4) is 6.19 Å². The maximum Gasteiger partial charge on any atom is 0.237 e. The lowest BCUT2D eigenvalue weighted by molar-refractivity contribution is -0.126. The van der Waals surface area contributed by atoms with Crippen LogP contribution in [0.15, 0.2) is 30.5 Å². The van der Waals surface area contributed by atoms with E-state index < -0.39 is 5.41 Å². The summed E-state index contributed by atoms with van der Waals surface area (Å²) in [5.74, 6) is 0.693. The topological polar surface area (TPSA) is 127 Å². The van der Waals surface area contributed by atoms with Gasteiger partial charge in [0, 0.05) is 31.6 Å². The van der Waals surface area contributed by atoms with Crippen LogP contribution in [0.5, 0.6) is 0 Å². The second kappa shape index (κ2) is 10.2. The smallest absolute Gasteiger partial charge is 0.237 e. The number of carbonyl (C=O) groups is 1. The maximum atomic E-state index is 13.9. The number of hydrogen-bond donors (Lipinski definition) is 3. The third kappa shape index (κ3) is 4.27. The van der Waals surface area contributed by atoms with Gasteiger partial charge >= 0.3 is 0 Å². The quantitative estimate of drug-likeness (QED) is 0.381. The number of benzene rings is 1. The predicted molar refractivity (Wildman–Crippen MR) is 134 cm³/mol. The number of aromatic nitrogens is 3. The molecule has 1 aliphatic carbocycles. The molecule has 9 heteroatoms. The average Bonchev–Trinajstić information content (AvgIpc) is 3.46. The van der Waals surface area contributed by atoms with Gasteiger partial charge in [0.05, 0.1) is 23.3 Å². The number of nitrogens with zero attached hydrogens (tertiary/aromatic N) is 5. The summed E-state index contributed by atoms with van der Waals surface area (Å²) >= 11 is 0. The maximum absolute atomic E-state index is 13.9. The second-order valence-electron chi connectivity index (χ2n) is 10.8. The van der Waals surface area contributed by atoms with E-state index >= 15 is 0 Å². The number of nitrogens with one attached hydrogen (secondary N) is 1. The number of anilines is 1. The lowest BCUT2D eigenvalue weighted by Gasteiger charge is -2.52. The molecule has 3 N–H and O–H groups in total. The molecule has 1 saturated heterocycles. The van der Waals surface area contributed by atoms with Gasteiger partial charge in [-0.15, -0.1) is 5.10 Å². The number of piperidine rings is 1. The number of para-hydroxylation sites is 1. The van der Waals surface area contributed by atoms with E-state index in [1.165, 1.54) is 0 Å². The van der Waals surface area contributed by atoms with Crippen molar-refractivity contribution in [3.05, 3.63) is 41.7 Å². The Kier molecular flexibility index (Phi) is 7.00. The highest BCUT2D eigenvalue weighted by Crippen LogP contribution is 2.51. The van der Waals surface area contributed by atoms with Crippen molar-refractivity contribution >= 4 is 11.6 Å². The van der Waals surface area contributed by atoms with Crippen LogP contribution in [-0.4, -0.2) is 61.3 Å². The Balaban J connectivity index is 1.47. The minimum atomic E-state index is -0.900. The molecule has 2 aliphatic heterocycles. The fourth-order valence-electron chi connectivity index (χ4n) is 6.91. The Morgan fingerprint density at radius 3 is 2.92 bits per heavy atom. The van der Waals surface area contributed by atoms with Gasteiger partial charge in [0.15, 0.2) is 6.19 Å². The van der Waals surface area contributed by atoms with Crippen molar-refractivity contribution in [1.29, 1.82) is 5.26 Å². The molecule has 0 radical (unpaired) electrons. The molecule has 1 aromatic carbocycles. The van der Waals surface area contributed by atoms with E-state index in [-0.39, 0.29) is 36.5 Å². The van der Waals surface area contributed by atoms with E-state index in [0.717, 1.165) is 49.0 Å². The molecule has 9 nitrogen and oxygen atoms in total. The molecule has 1 amide bonds. The van der Waals surface area contributed by atoms with Crippen molar-refractivity contribution in [1.82, 2.24) is 19.9 Å². The number of likely N-dealkylation sites (tertiary alicyclic amines) is 1. The highest BCUT2D eigenvalue weighted by Gasteiger charge is 2.57.